The molecule has 2 aliphatic carbocycles. The standard InChI is InChI=1S/C15H6Cl7NO2/c16-5-1-3-6(4-2-5)23-11(24)7-8(12(23)25)14(20)10(18)9(17)13(7,19)15(14,21)22/h1-4,7-8H/t7-,8+,13-,14-/m1/s1. The highest BCUT2D eigenvalue weighted by Crippen LogP contribution is 2.77. The Kier molecular flexibility index (Phi) is 3.96. The monoisotopic (exact) mass is 477 g/mol. The van der Waals surface area contributed by atoms with Crippen LogP contribution in [-0.4, -0.2) is 25.9 Å². The second-order valence-electron chi connectivity index (χ2n) is 6.07. The van der Waals surface area contributed by atoms with Crippen LogP contribution in [-0.2, 0) is 9.59 Å². The molecule has 4 rings (SSSR count). The average Bonchev–Trinajstić information content (AvgIpc) is 2.94. The number of hydrogen-bond acceptors (Lipinski definition) is 2. The van der Waals surface area contributed by atoms with Crippen molar-refractivity contribution in [3.63, 3.8) is 0 Å². The highest BCUT2D eigenvalue weighted by Gasteiger charge is 2.87. The van der Waals surface area contributed by atoms with Gasteiger partial charge in [0.25, 0.3) is 0 Å². The van der Waals surface area contributed by atoms with E-state index in [1.807, 2.05) is 0 Å². The van der Waals surface area contributed by atoms with Crippen molar-refractivity contribution >= 4 is 98.7 Å². The summed E-state index contributed by atoms with van der Waals surface area (Å²) in [5, 5.41) is 0.228. The van der Waals surface area contributed by atoms with Crippen molar-refractivity contribution in [2.75, 3.05) is 4.90 Å². The fraction of sp³-hybridized carbons (Fsp3) is 0.333. The smallest absolute Gasteiger partial charge is 0.240 e. The number of nitrogens with zero attached hydrogens (tertiary/aromatic N) is 1. The molecule has 0 aromatic heterocycles. The number of rotatable bonds is 1. The number of anilines is 1. The van der Waals surface area contributed by atoms with E-state index < -0.39 is 37.7 Å². The third-order valence-electron chi connectivity index (χ3n) is 4.99. The first-order valence-corrected chi connectivity index (χ1v) is 9.61. The molecule has 132 valence electrons. The number of hydrogen-bond donors (Lipinski definition) is 0. The van der Waals surface area contributed by atoms with Crippen molar-refractivity contribution in [2.24, 2.45) is 11.8 Å². The maximum absolute atomic E-state index is 13.0. The number of benzene rings is 1. The summed E-state index contributed by atoms with van der Waals surface area (Å²) < 4.78 is -1.93. The van der Waals surface area contributed by atoms with Gasteiger partial charge in [-0.05, 0) is 24.3 Å². The van der Waals surface area contributed by atoms with Gasteiger partial charge in [0.1, 0.15) is 9.75 Å². The predicted molar refractivity (Wildman–Crippen MR) is 101 cm³/mol. The number of alkyl halides is 4. The topological polar surface area (TPSA) is 37.4 Å². The summed E-state index contributed by atoms with van der Waals surface area (Å²) >= 11 is 44.4. The average molecular weight is 480 g/mol. The third kappa shape index (κ3) is 1.84. The van der Waals surface area contributed by atoms with Gasteiger partial charge in [-0.15, -0.1) is 23.2 Å². The van der Waals surface area contributed by atoms with Gasteiger partial charge in [0.05, 0.1) is 27.6 Å². The normalized spacial score (nSPS) is 38.8. The molecule has 3 aliphatic rings. The van der Waals surface area contributed by atoms with Gasteiger partial charge in [0.2, 0.25) is 11.8 Å². The van der Waals surface area contributed by atoms with E-state index in [0.717, 1.165) is 4.90 Å². The molecule has 0 unspecified atom stereocenters. The number of carbonyl (C=O) groups is 2. The zero-order valence-electron chi connectivity index (χ0n) is 11.9. The van der Waals surface area contributed by atoms with E-state index in [-0.39, 0.29) is 10.1 Å². The molecule has 1 saturated heterocycles. The SMILES string of the molecule is O=C1[C@@H]2[C@H](C(=O)N1c1ccc(Cl)cc1)[C@@]1(Cl)C(Cl)=C(Cl)[C@@]2(Cl)C1(Cl)Cl. The van der Waals surface area contributed by atoms with Gasteiger partial charge in [-0.1, -0.05) is 58.0 Å². The Balaban J connectivity index is 1.90. The zero-order chi connectivity index (χ0) is 18.5. The van der Waals surface area contributed by atoms with Crippen molar-refractivity contribution < 1.29 is 9.59 Å². The highest BCUT2D eigenvalue weighted by atomic mass is 35.5. The van der Waals surface area contributed by atoms with Gasteiger partial charge in [-0.2, -0.15) is 0 Å². The van der Waals surface area contributed by atoms with E-state index in [1.54, 1.807) is 12.1 Å². The number of fused-ring (bicyclic) bond motifs is 5. The summed E-state index contributed by atoms with van der Waals surface area (Å²) in [5.74, 6) is -3.47. The molecular formula is C15H6Cl7NO2. The lowest BCUT2D eigenvalue weighted by molar-refractivity contribution is -0.123. The molecule has 3 nitrogen and oxygen atoms in total. The Hall–Kier alpha value is 0.130. The first-order chi connectivity index (χ1) is 11.5. The molecule has 0 spiro atoms. The predicted octanol–water partition coefficient (Wildman–Crippen LogP) is 5.29. The second kappa shape index (κ2) is 5.35. The Labute approximate surface area is 177 Å². The van der Waals surface area contributed by atoms with Crippen LogP contribution in [0.4, 0.5) is 5.69 Å². The summed E-state index contributed by atoms with van der Waals surface area (Å²) in [4.78, 5) is 23.5. The van der Waals surface area contributed by atoms with Crippen molar-refractivity contribution in [3.05, 3.63) is 39.4 Å². The largest absolute Gasteiger partial charge is 0.274 e. The van der Waals surface area contributed by atoms with Crippen molar-refractivity contribution in [2.45, 2.75) is 14.1 Å². The quantitative estimate of drug-likeness (QED) is 0.405. The summed E-state index contributed by atoms with van der Waals surface area (Å²) in [7, 11) is 0. The van der Waals surface area contributed by atoms with Crippen LogP contribution < -0.4 is 4.90 Å². The summed E-state index contributed by atoms with van der Waals surface area (Å²) in [6.07, 6.45) is 0. The van der Waals surface area contributed by atoms with Crippen LogP contribution in [0, 0.1) is 11.8 Å². The molecule has 2 amide bonds. The molecule has 1 aliphatic heterocycles. The number of imide groups is 1. The van der Waals surface area contributed by atoms with E-state index in [2.05, 4.69) is 0 Å². The van der Waals surface area contributed by atoms with Crippen molar-refractivity contribution in [1.82, 2.24) is 0 Å². The Morgan fingerprint density at radius 1 is 0.760 bits per heavy atom. The van der Waals surface area contributed by atoms with Crippen LogP contribution in [0.1, 0.15) is 0 Å². The molecule has 25 heavy (non-hydrogen) atoms. The first-order valence-electron chi connectivity index (χ1n) is 6.96. The van der Waals surface area contributed by atoms with Crippen molar-refractivity contribution in [1.29, 1.82) is 0 Å². The Morgan fingerprint density at radius 3 is 1.56 bits per heavy atom. The third-order valence-corrected chi connectivity index (χ3v) is 9.50. The Morgan fingerprint density at radius 2 is 1.16 bits per heavy atom. The fourth-order valence-corrected chi connectivity index (χ4v) is 6.89. The lowest BCUT2D eigenvalue weighted by Gasteiger charge is -2.34. The van der Waals surface area contributed by atoms with Crippen LogP contribution in [0.3, 0.4) is 0 Å². The van der Waals surface area contributed by atoms with Gasteiger partial charge >= 0.3 is 0 Å². The highest BCUT2D eigenvalue weighted by molar-refractivity contribution is 6.67. The lowest BCUT2D eigenvalue weighted by Crippen LogP contribution is -2.50. The second-order valence-corrected chi connectivity index (χ2v) is 9.78. The minimum Gasteiger partial charge on any atom is -0.274 e. The first kappa shape index (κ1) is 18.5. The molecule has 1 saturated carbocycles. The molecule has 0 N–H and O–H groups in total. The molecule has 10 heteroatoms. The number of allylic oxidation sites excluding steroid dienone is 2. The van der Waals surface area contributed by atoms with Crippen LogP contribution >= 0.6 is 81.2 Å². The number of amides is 2. The summed E-state index contributed by atoms with van der Waals surface area (Å²) in [5.41, 5.74) is 0.329. The van der Waals surface area contributed by atoms with Gasteiger partial charge < -0.3 is 0 Å². The molecule has 4 atom stereocenters. The Bertz CT molecular complexity index is 821. The van der Waals surface area contributed by atoms with Crippen LogP contribution in [0.5, 0.6) is 0 Å². The zero-order valence-corrected chi connectivity index (χ0v) is 17.2. The van der Waals surface area contributed by atoms with E-state index >= 15 is 0 Å². The van der Waals surface area contributed by atoms with E-state index in [9.17, 15) is 9.59 Å². The van der Waals surface area contributed by atoms with Crippen LogP contribution in [0.15, 0.2) is 34.3 Å². The van der Waals surface area contributed by atoms with Crippen LogP contribution in [0.25, 0.3) is 0 Å². The summed E-state index contributed by atoms with van der Waals surface area (Å²) in [6.45, 7) is 0. The summed E-state index contributed by atoms with van der Waals surface area (Å²) in [6, 6.07) is 6.18. The van der Waals surface area contributed by atoms with Crippen molar-refractivity contribution in [3.8, 4) is 0 Å². The van der Waals surface area contributed by atoms with E-state index in [0.29, 0.717) is 10.7 Å². The molecule has 1 heterocycles. The lowest BCUT2D eigenvalue weighted by atomic mass is 9.84. The minimum absolute atomic E-state index is 0.115. The molecule has 0 radical (unpaired) electrons. The fourth-order valence-electron chi connectivity index (χ4n) is 3.84. The molecular weight excluding hydrogens is 474 g/mol. The van der Waals surface area contributed by atoms with Gasteiger partial charge in [-0.25, -0.2) is 4.90 Å². The molecule has 2 fully saturated rings. The maximum atomic E-state index is 13.0. The van der Waals surface area contributed by atoms with Crippen LogP contribution in [0.2, 0.25) is 5.02 Å². The van der Waals surface area contributed by atoms with Gasteiger partial charge in [0.15, 0.2) is 4.33 Å². The minimum atomic E-state index is -1.93. The van der Waals surface area contributed by atoms with E-state index in [1.165, 1.54) is 12.1 Å². The van der Waals surface area contributed by atoms with Gasteiger partial charge in [-0.3, -0.25) is 9.59 Å². The van der Waals surface area contributed by atoms with E-state index in [4.69, 9.17) is 81.2 Å². The number of halogens is 7. The molecule has 1 aromatic rings. The molecule has 1 aromatic carbocycles. The number of carbonyl (C=O) groups excluding carboxylic acids is 2. The van der Waals surface area contributed by atoms with Gasteiger partial charge in [0, 0.05) is 5.02 Å². The molecule has 2 bridgehead atoms. The maximum Gasteiger partial charge on any atom is 0.240 e.